The summed E-state index contributed by atoms with van der Waals surface area (Å²) in [7, 11) is 0. The van der Waals surface area contributed by atoms with Crippen LogP contribution in [0.1, 0.15) is 6.42 Å². The average molecular weight is 196 g/mol. The maximum Gasteiger partial charge on any atom is 0.255 e. The Kier molecular flexibility index (Phi) is 0.732. The predicted molar refractivity (Wildman–Crippen MR) is 42.5 cm³/mol. The highest BCUT2D eigenvalue weighted by Gasteiger charge is 2.89. The van der Waals surface area contributed by atoms with E-state index >= 15 is 0 Å². The van der Waals surface area contributed by atoms with Gasteiger partial charge in [0.2, 0.25) is 0 Å². The van der Waals surface area contributed by atoms with Crippen molar-refractivity contribution in [2.45, 2.75) is 12.3 Å². The van der Waals surface area contributed by atoms with Crippen LogP contribution in [-0.4, -0.2) is 11.7 Å². The summed E-state index contributed by atoms with van der Waals surface area (Å²) in [6.45, 7) is 0. The van der Waals surface area contributed by atoms with Gasteiger partial charge < -0.3 is 0 Å². The molecule has 74 valence electrons. The van der Waals surface area contributed by atoms with E-state index in [-0.39, 0.29) is 29.5 Å². The first-order valence-electron chi connectivity index (χ1n) is 5.55. The molecular weight excluding hydrogens is 186 g/mol. The second-order valence-electron chi connectivity index (χ2n) is 5.90. The Balaban J connectivity index is 1.87. The van der Waals surface area contributed by atoms with Gasteiger partial charge in [-0.1, -0.05) is 0 Å². The van der Waals surface area contributed by atoms with Crippen LogP contribution < -0.4 is 0 Å². The van der Waals surface area contributed by atoms with Crippen molar-refractivity contribution >= 4 is 5.78 Å². The van der Waals surface area contributed by atoms with Gasteiger partial charge in [-0.3, -0.25) is 4.79 Å². The average Bonchev–Trinajstić information content (AvgIpc) is 2.52. The molecule has 3 heteroatoms. The molecule has 0 N–H and O–H groups in total. The molecule has 0 aromatic rings. The third kappa shape index (κ3) is 0.361. The minimum atomic E-state index is -2.49. The smallest absolute Gasteiger partial charge is 0.255 e. The number of hydrogen-bond donors (Lipinski definition) is 0. The van der Waals surface area contributed by atoms with Crippen LogP contribution in [0, 0.1) is 47.3 Å². The normalized spacial score (nSPS) is 73.4. The zero-order valence-electron chi connectivity index (χ0n) is 7.49. The maximum atomic E-state index is 13.9. The molecule has 0 radical (unpaired) electrons. The number of halogens is 2. The van der Waals surface area contributed by atoms with E-state index < -0.39 is 17.8 Å². The van der Waals surface area contributed by atoms with E-state index in [1.165, 1.54) is 0 Å². The molecule has 0 heterocycles. The summed E-state index contributed by atoms with van der Waals surface area (Å²) in [6.07, 6.45) is 0.943. The molecule has 0 amide bonds. The lowest BCUT2D eigenvalue weighted by Gasteiger charge is -2.45. The summed E-state index contributed by atoms with van der Waals surface area (Å²) in [5.41, 5.74) is 0. The lowest BCUT2D eigenvalue weighted by atomic mass is 9.59. The van der Waals surface area contributed by atoms with E-state index in [1.807, 2.05) is 0 Å². The fraction of sp³-hybridized carbons (Fsp3) is 0.909. The summed E-state index contributed by atoms with van der Waals surface area (Å²) in [6, 6.07) is 0. The maximum absolute atomic E-state index is 13.9. The van der Waals surface area contributed by atoms with Crippen LogP contribution in [0.25, 0.3) is 0 Å². The summed E-state index contributed by atoms with van der Waals surface area (Å²) >= 11 is 0. The molecule has 1 nitrogen and oxygen atoms in total. The molecule has 5 aliphatic rings. The van der Waals surface area contributed by atoms with E-state index in [0.717, 1.165) is 6.42 Å². The summed E-state index contributed by atoms with van der Waals surface area (Å²) in [4.78, 5) is 11.9. The molecule has 5 rings (SSSR count). The predicted octanol–water partition coefficient (Wildman–Crippen LogP) is 1.58. The van der Waals surface area contributed by atoms with Gasteiger partial charge in [0.1, 0.15) is 5.78 Å². The van der Waals surface area contributed by atoms with Crippen molar-refractivity contribution in [3.63, 3.8) is 0 Å². The van der Waals surface area contributed by atoms with Gasteiger partial charge in [0.15, 0.2) is 0 Å². The summed E-state index contributed by atoms with van der Waals surface area (Å²) < 4.78 is 27.8. The number of alkyl halides is 2. The Morgan fingerprint density at radius 3 is 2.64 bits per heavy atom. The monoisotopic (exact) mass is 196 g/mol. The first-order chi connectivity index (χ1) is 6.64. The molecule has 8 atom stereocenters. The lowest BCUT2D eigenvalue weighted by molar-refractivity contribution is -0.174. The highest BCUT2D eigenvalue weighted by molar-refractivity contribution is 5.91. The fourth-order valence-corrected chi connectivity index (χ4v) is 6.07. The largest absolute Gasteiger partial charge is 0.299 e. The summed E-state index contributed by atoms with van der Waals surface area (Å²) in [5, 5.41) is 0. The first-order valence-corrected chi connectivity index (χ1v) is 5.55. The molecule has 0 aromatic carbocycles. The van der Waals surface area contributed by atoms with Crippen LogP contribution in [0.2, 0.25) is 0 Å². The third-order valence-corrected chi connectivity index (χ3v) is 6.05. The second kappa shape index (κ2) is 1.48. The van der Waals surface area contributed by atoms with Gasteiger partial charge in [0, 0.05) is 23.7 Å². The van der Waals surface area contributed by atoms with Crippen LogP contribution in [0.15, 0.2) is 0 Å². The number of ketones is 1. The lowest BCUT2D eigenvalue weighted by Crippen LogP contribution is -2.53. The van der Waals surface area contributed by atoms with Gasteiger partial charge in [-0.2, -0.15) is 0 Å². The summed E-state index contributed by atoms with van der Waals surface area (Å²) in [5.74, 6) is -2.54. The van der Waals surface area contributed by atoms with E-state index in [4.69, 9.17) is 0 Å². The highest BCUT2D eigenvalue weighted by atomic mass is 19.3. The van der Waals surface area contributed by atoms with Gasteiger partial charge in [0.05, 0.1) is 0 Å². The molecule has 0 aromatic heterocycles. The molecule has 5 aliphatic carbocycles. The number of Topliss-reactive ketones (excluding diaryl/α,β-unsaturated/α-hetero) is 1. The molecular formula is C11H10F2O. The quantitative estimate of drug-likeness (QED) is 0.575. The van der Waals surface area contributed by atoms with Gasteiger partial charge in [0.25, 0.3) is 5.92 Å². The van der Waals surface area contributed by atoms with Crippen molar-refractivity contribution in [2.75, 3.05) is 0 Å². The van der Waals surface area contributed by atoms with Crippen LogP contribution in [-0.2, 0) is 4.79 Å². The van der Waals surface area contributed by atoms with Crippen molar-refractivity contribution in [3.8, 4) is 0 Å². The number of hydrogen-bond acceptors (Lipinski definition) is 1. The third-order valence-electron chi connectivity index (χ3n) is 6.05. The first kappa shape index (κ1) is 6.91. The zero-order chi connectivity index (χ0) is 9.40. The molecule has 2 bridgehead atoms. The molecule has 5 saturated carbocycles. The fourth-order valence-electron chi connectivity index (χ4n) is 6.07. The van der Waals surface area contributed by atoms with Gasteiger partial charge in [-0.15, -0.1) is 0 Å². The molecule has 0 saturated heterocycles. The number of fused-ring (bicyclic) bond motifs is 2. The Hall–Kier alpha value is -0.470. The molecule has 5 fully saturated rings. The van der Waals surface area contributed by atoms with Crippen LogP contribution in [0.4, 0.5) is 8.78 Å². The Labute approximate surface area is 79.9 Å². The van der Waals surface area contributed by atoms with E-state index in [2.05, 4.69) is 0 Å². The van der Waals surface area contributed by atoms with Crippen molar-refractivity contribution in [1.82, 2.24) is 0 Å². The van der Waals surface area contributed by atoms with Crippen molar-refractivity contribution in [3.05, 3.63) is 0 Å². The molecule has 0 aliphatic heterocycles. The van der Waals surface area contributed by atoms with Gasteiger partial charge >= 0.3 is 0 Å². The van der Waals surface area contributed by atoms with Gasteiger partial charge in [-0.05, 0) is 30.1 Å². The Morgan fingerprint density at radius 1 is 1.07 bits per heavy atom. The van der Waals surface area contributed by atoms with E-state index in [0.29, 0.717) is 11.8 Å². The molecule has 0 unspecified atom stereocenters. The number of carbonyl (C=O) groups excluding carboxylic acids is 1. The van der Waals surface area contributed by atoms with Crippen LogP contribution >= 0.6 is 0 Å². The van der Waals surface area contributed by atoms with Crippen molar-refractivity contribution in [1.29, 1.82) is 0 Å². The SMILES string of the molecule is O=C1[C@@H]2[C@H]3C[C@@H]4[C@H]5[C@@H]3[C@H]1[C@@H]5C(F)(F)[C@H]42. The number of rotatable bonds is 0. The van der Waals surface area contributed by atoms with E-state index in [9.17, 15) is 13.6 Å². The van der Waals surface area contributed by atoms with Crippen molar-refractivity contribution < 1.29 is 13.6 Å². The van der Waals surface area contributed by atoms with Gasteiger partial charge in [-0.25, -0.2) is 8.78 Å². The number of carbonyl (C=O) groups is 1. The van der Waals surface area contributed by atoms with Crippen LogP contribution in [0.3, 0.4) is 0 Å². The topological polar surface area (TPSA) is 17.1 Å². The molecule has 14 heavy (non-hydrogen) atoms. The van der Waals surface area contributed by atoms with Crippen LogP contribution in [0.5, 0.6) is 0 Å². The standard InChI is InChI=1S/C11H10F2O/c12-11(13)8-3-1-2-4-5(3)9(11)7(4)10(14)6(2)8/h2-9H,1H2/t2-,3+,4+,5-,6+,7-,8+,9+/m0/s1. The Bertz CT molecular complexity index is 391. The highest BCUT2D eigenvalue weighted by Crippen LogP contribution is 2.85. The second-order valence-corrected chi connectivity index (χ2v) is 5.90. The van der Waals surface area contributed by atoms with Crippen molar-refractivity contribution in [2.24, 2.45) is 47.3 Å². The molecule has 0 spiro atoms. The van der Waals surface area contributed by atoms with E-state index in [1.54, 1.807) is 0 Å². The zero-order valence-corrected chi connectivity index (χ0v) is 7.49. The minimum absolute atomic E-state index is 0.214. The Morgan fingerprint density at radius 2 is 1.86 bits per heavy atom. The minimum Gasteiger partial charge on any atom is -0.299 e.